The summed E-state index contributed by atoms with van der Waals surface area (Å²) in [4.78, 5) is 0. The Kier molecular flexibility index (Phi) is 5.02. The Morgan fingerprint density at radius 3 is 2.31 bits per heavy atom. The van der Waals surface area contributed by atoms with Gasteiger partial charge < -0.3 is 5.73 Å². The van der Waals surface area contributed by atoms with Crippen molar-refractivity contribution >= 4 is 11.8 Å². The van der Waals surface area contributed by atoms with E-state index in [4.69, 9.17) is 5.73 Å². The maximum absolute atomic E-state index is 6.35. The van der Waals surface area contributed by atoms with E-state index in [9.17, 15) is 0 Å². The first-order chi connectivity index (χ1) is 7.75. The Bertz CT molecular complexity index is 193. The summed E-state index contributed by atoms with van der Waals surface area (Å²) < 4.78 is 0. The lowest BCUT2D eigenvalue weighted by Gasteiger charge is -2.30. The van der Waals surface area contributed by atoms with E-state index in [1.807, 2.05) is 0 Å². The van der Waals surface area contributed by atoms with Crippen LogP contribution in [0, 0.1) is 11.8 Å². The minimum atomic E-state index is 0.470. The molecule has 0 heterocycles. The van der Waals surface area contributed by atoms with E-state index in [1.165, 1.54) is 57.1 Å². The van der Waals surface area contributed by atoms with Crippen LogP contribution in [0.15, 0.2) is 0 Å². The standard InChI is InChI=1S/C14H27NS/c1-11-6-8-12(9-7-11)14(15)10-16-13-4-2-3-5-13/h11-14H,2-10,15H2,1H3. The van der Waals surface area contributed by atoms with E-state index in [0.29, 0.717) is 6.04 Å². The molecule has 16 heavy (non-hydrogen) atoms. The number of hydrogen-bond donors (Lipinski definition) is 1. The van der Waals surface area contributed by atoms with Crippen LogP contribution in [-0.2, 0) is 0 Å². The van der Waals surface area contributed by atoms with Crippen molar-refractivity contribution < 1.29 is 0 Å². The molecular formula is C14H27NS. The second-order valence-corrected chi connectivity index (χ2v) is 7.26. The SMILES string of the molecule is CC1CCC(C(N)CSC2CCCC2)CC1. The zero-order valence-corrected chi connectivity index (χ0v) is 11.5. The van der Waals surface area contributed by atoms with E-state index in [-0.39, 0.29) is 0 Å². The fraction of sp³-hybridized carbons (Fsp3) is 1.00. The summed E-state index contributed by atoms with van der Waals surface area (Å²) in [5, 5.41) is 0.938. The van der Waals surface area contributed by atoms with Gasteiger partial charge in [0.15, 0.2) is 0 Å². The molecule has 0 aromatic rings. The van der Waals surface area contributed by atoms with Crippen LogP contribution in [0.25, 0.3) is 0 Å². The molecule has 0 amide bonds. The van der Waals surface area contributed by atoms with Crippen molar-refractivity contribution in [3.63, 3.8) is 0 Å². The van der Waals surface area contributed by atoms with Crippen LogP contribution in [0.3, 0.4) is 0 Å². The molecule has 94 valence electrons. The highest BCUT2D eigenvalue weighted by atomic mass is 32.2. The minimum absolute atomic E-state index is 0.470. The van der Waals surface area contributed by atoms with Crippen LogP contribution < -0.4 is 5.73 Å². The fourth-order valence-corrected chi connectivity index (χ4v) is 4.59. The van der Waals surface area contributed by atoms with Gasteiger partial charge in [-0.25, -0.2) is 0 Å². The average Bonchev–Trinajstić information content (AvgIpc) is 2.80. The maximum atomic E-state index is 6.35. The summed E-state index contributed by atoms with van der Waals surface area (Å²) in [5.74, 6) is 2.99. The van der Waals surface area contributed by atoms with Crippen LogP contribution in [0.4, 0.5) is 0 Å². The molecule has 1 unspecified atom stereocenters. The van der Waals surface area contributed by atoms with Gasteiger partial charge in [-0.3, -0.25) is 0 Å². The van der Waals surface area contributed by atoms with Crippen LogP contribution in [-0.4, -0.2) is 17.0 Å². The van der Waals surface area contributed by atoms with Gasteiger partial charge in [-0.1, -0.05) is 32.6 Å². The minimum Gasteiger partial charge on any atom is -0.327 e. The van der Waals surface area contributed by atoms with E-state index in [0.717, 1.165) is 17.1 Å². The quantitative estimate of drug-likeness (QED) is 0.810. The predicted octanol–water partition coefficient (Wildman–Crippen LogP) is 3.82. The molecule has 2 fully saturated rings. The molecule has 2 aliphatic rings. The van der Waals surface area contributed by atoms with Gasteiger partial charge in [0.2, 0.25) is 0 Å². The molecule has 0 aromatic carbocycles. The lowest BCUT2D eigenvalue weighted by Crippen LogP contribution is -2.35. The third-order valence-electron chi connectivity index (χ3n) is 4.49. The lowest BCUT2D eigenvalue weighted by molar-refractivity contribution is 0.264. The average molecular weight is 241 g/mol. The molecule has 2 N–H and O–H groups in total. The van der Waals surface area contributed by atoms with Gasteiger partial charge in [0.05, 0.1) is 0 Å². The summed E-state index contributed by atoms with van der Waals surface area (Å²) in [7, 11) is 0. The molecule has 2 saturated carbocycles. The molecule has 0 aromatic heterocycles. The first-order valence-electron chi connectivity index (χ1n) is 7.13. The van der Waals surface area contributed by atoms with Crippen LogP contribution in [0.2, 0.25) is 0 Å². The summed E-state index contributed by atoms with van der Waals surface area (Å²) >= 11 is 2.16. The van der Waals surface area contributed by atoms with Gasteiger partial charge >= 0.3 is 0 Å². The highest BCUT2D eigenvalue weighted by Crippen LogP contribution is 2.34. The molecule has 2 heteroatoms. The first-order valence-corrected chi connectivity index (χ1v) is 8.17. The number of nitrogens with two attached hydrogens (primary N) is 1. The Morgan fingerprint density at radius 2 is 1.69 bits per heavy atom. The zero-order chi connectivity index (χ0) is 11.4. The molecular weight excluding hydrogens is 214 g/mol. The molecule has 1 atom stereocenters. The molecule has 0 aliphatic heterocycles. The normalized spacial score (nSPS) is 34.1. The van der Waals surface area contributed by atoms with Crippen LogP contribution in [0.1, 0.15) is 58.3 Å². The predicted molar refractivity (Wildman–Crippen MR) is 73.8 cm³/mol. The molecule has 2 aliphatic carbocycles. The second-order valence-electron chi connectivity index (χ2n) is 5.92. The molecule has 0 bridgehead atoms. The van der Waals surface area contributed by atoms with E-state index >= 15 is 0 Å². The van der Waals surface area contributed by atoms with E-state index in [1.54, 1.807) is 0 Å². The van der Waals surface area contributed by atoms with Gasteiger partial charge in [0.1, 0.15) is 0 Å². The summed E-state index contributed by atoms with van der Waals surface area (Å²) in [6, 6.07) is 0.470. The van der Waals surface area contributed by atoms with Crippen molar-refractivity contribution in [2.45, 2.75) is 69.6 Å². The van der Waals surface area contributed by atoms with Gasteiger partial charge in [-0.2, -0.15) is 11.8 Å². The fourth-order valence-electron chi connectivity index (χ4n) is 3.15. The Morgan fingerprint density at radius 1 is 1.06 bits per heavy atom. The molecule has 2 rings (SSSR count). The number of thioether (sulfide) groups is 1. The largest absolute Gasteiger partial charge is 0.327 e. The monoisotopic (exact) mass is 241 g/mol. The van der Waals surface area contributed by atoms with E-state index < -0.39 is 0 Å². The van der Waals surface area contributed by atoms with Crippen molar-refractivity contribution in [3.05, 3.63) is 0 Å². The molecule has 1 nitrogen and oxygen atoms in total. The third-order valence-corrected chi connectivity index (χ3v) is 6.01. The van der Waals surface area contributed by atoms with Crippen molar-refractivity contribution in [2.24, 2.45) is 17.6 Å². The third kappa shape index (κ3) is 3.66. The van der Waals surface area contributed by atoms with Crippen molar-refractivity contribution in [1.82, 2.24) is 0 Å². The highest BCUT2D eigenvalue weighted by Gasteiger charge is 2.25. The summed E-state index contributed by atoms with van der Waals surface area (Å²) in [5.41, 5.74) is 6.35. The number of rotatable bonds is 4. The second kappa shape index (κ2) is 6.30. The van der Waals surface area contributed by atoms with Crippen molar-refractivity contribution in [1.29, 1.82) is 0 Å². The molecule has 0 spiro atoms. The maximum Gasteiger partial charge on any atom is 0.0159 e. The van der Waals surface area contributed by atoms with Gasteiger partial charge in [-0.05, 0) is 37.5 Å². The Hall–Kier alpha value is 0.310. The van der Waals surface area contributed by atoms with Gasteiger partial charge in [0, 0.05) is 17.0 Å². The summed E-state index contributed by atoms with van der Waals surface area (Å²) in [6.07, 6.45) is 11.4. The lowest BCUT2D eigenvalue weighted by atomic mass is 9.80. The van der Waals surface area contributed by atoms with Gasteiger partial charge in [0.25, 0.3) is 0 Å². The first kappa shape index (κ1) is 12.8. The topological polar surface area (TPSA) is 26.0 Å². The van der Waals surface area contributed by atoms with E-state index in [2.05, 4.69) is 18.7 Å². The van der Waals surface area contributed by atoms with Crippen molar-refractivity contribution in [3.8, 4) is 0 Å². The Balaban J connectivity index is 1.64. The highest BCUT2D eigenvalue weighted by molar-refractivity contribution is 7.99. The smallest absolute Gasteiger partial charge is 0.0159 e. The summed E-state index contributed by atoms with van der Waals surface area (Å²) in [6.45, 7) is 2.38. The zero-order valence-electron chi connectivity index (χ0n) is 10.7. The Labute approximate surface area is 105 Å². The number of hydrogen-bond acceptors (Lipinski definition) is 2. The molecule has 0 radical (unpaired) electrons. The van der Waals surface area contributed by atoms with Crippen molar-refractivity contribution in [2.75, 3.05) is 5.75 Å². The molecule has 0 saturated heterocycles. The van der Waals surface area contributed by atoms with Gasteiger partial charge in [-0.15, -0.1) is 0 Å². The van der Waals surface area contributed by atoms with Crippen LogP contribution >= 0.6 is 11.8 Å². The van der Waals surface area contributed by atoms with Crippen LogP contribution in [0.5, 0.6) is 0 Å².